The quantitative estimate of drug-likeness (QED) is 0.646. The summed E-state index contributed by atoms with van der Waals surface area (Å²) in [7, 11) is 1.43. The monoisotopic (exact) mass is 376 g/mol. The zero-order valence-electron chi connectivity index (χ0n) is 14.8. The fourth-order valence-corrected chi connectivity index (χ4v) is 2.88. The molecule has 0 amide bonds. The SMILES string of the molecule is COc1cccc(CC(O)(Nc2cccc3nc(C)ccc23)C(F)(F)F)c1. The molecule has 0 aliphatic heterocycles. The third-order valence-electron chi connectivity index (χ3n) is 4.28. The van der Waals surface area contributed by atoms with Crippen molar-refractivity contribution in [3.05, 3.63) is 65.9 Å². The van der Waals surface area contributed by atoms with E-state index in [1.807, 2.05) is 0 Å². The van der Waals surface area contributed by atoms with Crippen LogP contribution in [-0.2, 0) is 6.42 Å². The van der Waals surface area contributed by atoms with Gasteiger partial charge in [-0.15, -0.1) is 0 Å². The van der Waals surface area contributed by atoms with Crippen LogP contribution in [0.5, 0.6) is 5.75 Å². The zero-order chi connectivity index (χ0) is 19.7. The fourth-order valence-electron chi connectivity index (χ4n) is 2.88. The first kappa shape index (κ1) is 19.0. The van der Waals surface area contributed by atoms with Gasteiger partial charge in [-0.3, -0.25) is 4.98 Å². The predicted molar refractivity (Wildman–Crippen MR) is 97.8 cm³/mol. The topological polar surface area (TPSA) is 54.4 Å². The summed E-state index contributed by atoms with van der Waals surface area (Å²) in [6.07, 6.45) is -5.58. The van der Waals surface area contributed by atoms with Crippen LogP contribution in [0.4, 0.5) is 18.9 Å². The molecule has 3 aromatic rings. The number of rotatable bonds is 5. The van der Waals surface area contributed by atoms with Crippen LogP contribution in [0.3, 0.4) is 0 Å². The Kier molecular flexibility index (Phi) is 4.97. The van der Waals surface area contributed by atoms with Gasteiger partial charge in [0.1, 0.15) is 5.75 Å². The summed E-state index contributed by atoms with van der Waals surface area (Å²) in [5.41, 5.74) is -1.41. The number of fused-ring (bicyclic) bond motifs is 1. The van der Waals surface area contributed by atoms with E-state index in [2.05, 4.69) is 10.3 Å². The van der Waals surface area contributed by atoms with Gasteiger partial charge >= 0.3 is 6.18 Å². The summed E-state index contributed by atoms with van der Waals surface area (Å²) >= 11 is 0. The van der Waals surface area contributed by atoms with Crippen molar-refractivity contribution >= 4 is 16.6 Å². The Labute approximate surface area is 154 Å². The normalized spacial score (nSPS) is 14.0. The van der Waals surface area contributed by atoms with Crippen LogP contribution < -0.4 is 10.1 Å². The minimum atomic E-state index is -4.91. The van der Waals surface area contributed by atoms with Crippen LogP contribution in [0, 0.1) is 6.92 Å². The summed E-state index contributed by atoms with van der Waals surface area (Å²) in [5.74, 6) is 0.418. The lowest BCUT2D eigenvalue weighted by Crippen LogP contribution is -2.53. The first-order chi connectivity index (χ1) is 12.7. The molecule has 2 N–H and O–H groups in total. The number of nitrogens with zero attached hydrogens (tertiary/aromatic N) is 1. The Balaban J connectivity index is 2.01. The fraction of sp³-hybridized carbons (Fsp3) is 0.250. The van der Waals surface area contributed by atoms with Gasteiger partial charge in [-0.2, -0.15) is 13.2 Å². The molecule has 1 atom stereocenters. The van der Waals surface area contributed by atoms with Gasteiger partial charge in [-0.25, -0.2) is 0 Å². The largest absolute Gasteiger partial charge is 0.497 e. The standard InChI is InChI=1S/C20H19F3N2O2/c1-13-9-10-16-17(24-13)7-4-8-18(16)25-19(26,20(21,22)23)12-14-5-3-6-15(11-14)27-2/h3-11,25-26H,12H2,1-2H3. The van der Waals surface area contributed by atoms with E-state index in [0.717, 1.165) is 5.69 Å². The van der Waals surface area contributed by atoms with Crippen molar-refractivity contribution < 1.29 is 23.0 Å². The summed E-state index contributed by atoms with van der Waals surface area (Å²) in [6.45, 7) is 1.80. The highest BCUT2D eigenvalue weighted by molar-refractivity contribution is 5.91. The molecule has 0 fully saturated rings. The van der Waals surface area contributed by atoms with Crippen LogP contribution in [0.25, 0.3) is 10.9 Å². The smallest absolute Gasteiger partial charge is 0.436 e. The Bertz CT molecular complexity index is 959. The van der Waals surface area contributed by atoms with Crippen LogP contribution in [0.2, 0.25) is 0 Å². The Hall–Kier alpha value is -2.80. The molecule has 7 heteroatoms. The van der Waals surface area contributed by atoms with Crippen molar-refractivity contribution in [3.63, 3.8) is 0 Å². The van der Waals surface area contributed by atoms with E-state index in [1.54, 1.807) is 43.3 Å². The highest BCUT2D eigenvalue weighted by Gasteiger charge is 2.54. The first-order valence-electron chi connectivity index (χ1n) is 8.28. The van der Waals surface area contributed by atoms with Gasteiger partial charge in [0.15, 0.2) is 0 Å². The zero-order valence-corrected chi connectivity index (χ0v) is 14.8. The number of benzene rings is 2. The molecular formula is C20H19F3N2O2. The van der Waals surface area contributed by atoms with Crippen molar-refractivity contribution in [1.82, 2.24) is 4.98 Å². The van der Waals surface area contributed by atoms with Crippen molar-refractivity contribution in [2.24, 2.45) is 0 Å². The maximum Gasteiger partial charge on any atom is 0.436 e. The van der Waals surface area contributed by atoms with Crippen LogP contribution in [0.1, 0.15) is 11.3 Å². The first-order valence-corrected chi connectivity index (χ1v) is 8.28. The lowest BCUT2D eigenvalue weighted by Gasteiger charge is -2.33. The second kappa shape index (κ2) is 7.08. The number of hydrogen-bond acceptors (Lipinski definition) is 4. The van der Waals surface area contributed by atoms with E-state index in [4.69, 9.17) is 4.74 Å². The molecule has 2 aromatic carbocycles. The van der Waals surface area contributed by atoms with E-state index in [0.29, 0.717) is 16.7 Å². The van der Waals surface area contributed by atoms with Gasteiger partial charge < -0.3 is 15.2 Å². The number of aryl methyl sites for hydroxylation is 1. The van der Waals surface area contributed by atoms with E-state index in [9.17, 15) is 18.3 Å². The van der Waals surface area contributed by atoms with Crippen molar-refractivity contribution in [2.45, 2.75) is 25.2 Å². The number of pyridine rings is 1. The minimum absolute atomic E-state index is 0.155. The number of aliphatic hydroxyl groups is 1. The number of ether oxygens (including phenoxy) is 1. The second-order valence-electron chi connectivity index (χ2n) is 6.34. The van der Waals surface area contributed by atoms with Crippen LogP contribution in [0.15, 0.2) is 54.6 Å². The van der Waals surface area contributed by atoms with Gasteiger partial charge in [-0.1, -0.05) is 18.2 Å². The molecule has 0 spiro atoms. The Morgan fingerprint density at radius 2 is 1.81 bits per heavy atom. The average molecular weight is 376 g/mol. The van der Waals surface area contributed by atoms with E-state index < -0.39 is 18.3 Å². The predicted octanol–water partition coefficient (Wildman–Crippen LogP) is 4.46. The molecule has 142 valence electrons. The molecule has 3 rings (SSSR count). The number of nitrogens with one attached hydrogen (secondary N) is 1. The van der Waals surface area contributed by atoms with Gasteiger partial charge in [0.2, 0.25) is 5.72 Å². The van der Waals surface area contributed by atoms with E-state index >= 15 is 0 Å². The van der Waals surface area contributed by atoms with Crippen LogP contribution in [-0.4, -0.2) is 29.1 Å². The molecule has 0 aliphatic carbocycles. The number of aromatic nitrogens is 1. The maximum atomic E-state index is 13.8. The van der Waals surface area contributed by atoms with Gasteiger partial charge in [0.05, 0.1) is 12.6 Å². The maximum absolute atomic E-state index is 13.8. The molecule has 1 aromatic heterocycles. The van der Waals surface area contributed by atoms with Crippen molar-refractivity contribution in [1.29, 1.82) is 0 Å². The molecule has 1 unspecified atom stereocenters. The third-order valence-corrected chi connectivity index (χ3v) is 4.28. The molecule has 0 aliphatic rings. The van der Waals surface area contributed by atoms with Crippen molar-refractivity contribution in [2.75, 3.05) is 12.4 Å². The number of anilines is 1. The van der Waals surface area contributed by atoms with E-state index in [1.165, 1.54) is 25.3 Å². The summed E-state index contributed by atoms with van der Waals surface area (Å²) in [5, 5.41) is 13.3. The average Bonchev–Trinajstić information content (AvgIpc) is 2.60. The molecule has 0 saturated heterocycles. The van der Waals surface area contributed by atoms with Gasteiger partial charge in [0, 0.05) is 23.2 Å². The highest BCUT2D eigenvalue weighted by atomic mass is 19.4. The van der Waals surface area contributed by atoms with Crippen LogP contribution >= 0.6 is 0 Å². The summed E-state index contributed by atoms with van der Waals surface area (Å²) in [6, 6.07) is 14.4. The molecule has 0 bridgehead atoms. The summed E-state index contributed by atoms with van der Waals surface area (Å²) < 4.78 is 46.3. The number of methoxy groups -OCH3 is 1. The number of halogens is 3. The number of alkyl halides is 3. The molecule has 27 heavy (non-hydrogen) atoms. The minimum Gasteiger partial charge on any atom is -0.497 e. The highest BCUT2D eigenvalue weighted by Crippen LogP contribution is 2.36. The Morgan fingerprint density at radius 1 is 1.07 bits per heavy atom. The Morgan fingerprint density at radius 3 is 2.52 bits per heavy atom. The third kappa shape index (κ3) is 3.98. The van der Waals surface area contributed by atoms with E-state index in [-0.39, 0.29) is 11.3 Å². The molecule has 4 nitrogen and oxygen atoms in total. The summed E-state index contributed by atoms with van der Waals surface area (Å²) in [4.78, 5) is 4.32. The van der Waals surface area contributed by atoms with Gasteiger partial charge in [-0.05, 0) is 48.9 Å². The van der Waals surface area contributed by atoms with Gasteiger partial charge in [0.25, 0.3) is 0 Å². The lowest BCUT2D eigenvalue weighted by molar-refractivity contribution is -0.247. The molecular weight excluding hydrogens is 357 g/mol. The number of hydrogen-bond donors (Lipinski definition) is 2. The lowest BCUT2D eigenvalue weighted by atomic mass is 10.0. The molecule has 0 saturated carbocycles. The van der Waals surface area contributed by atoms with Crippen molar-refractivity contribution in [3.8, 4) is 5.75 Å². The molecule has 0 radical (unpaired) electrons. The second-order valence-corrected chi connectivity index (χ2v) is 6.34. The molecule has 1 heterocycles.